The van der Waals surface area contributed by atoms with E-state index in [-0.39, 0.29) is 12.2 Å². The standard InChI is InChI=1S/C18H17F2NO3/c19-18(20,11-21)12-24-16(22)10-13-5-4-8-15(9-13)17(23)14-6-2-1-3-7-14/h1-9H,10-12,21H2. The number of ether oxygens (including phenoxy) is 1. The summed E-state index contributed by atoms with van der Waals surface area (Å²) in [4.78, 5) is 24.0. The van der Waals surface area contributed by atoms with Gasteiger partial charge in [-0.05, 0) is 11.6 Å². The van der Waals surface area contributed by atoms with Crippen molar-refractivity contribution in [3.63, 3.8) is 0 Å². The van der Waals surface area contributed by atoms with Crippen LogP contribution in [0.5, 0.6) is 0 Å². The number of alkyl halides is 2. The van der Waals surface area contributed by atoms with Crippen LogP contribution in [0.15, 0.2) is 54.6 Å². The molecule has 0 aliphatic carbocycles. The zero-order chi connectivity index (χ0) is 17.6. The Morgan fingerprint density at radius 2 is 1.67 bits per heavy atom. The number of benzene rings is 2. The Hall–Kier alpha value is -2.60. The fourth-order valence-corrected chi connectivity index (χ4v) is 2.04. The van der Waals surface area contributed by atoms with E-state index in [1.165, 1.54) is 0 Å². The first-order valence-electron chi connectivity index (χ1n) is 7.33. The average Bonchev–Trinajstić information content (AvgIpc) is 2.60. The summed E-state index contributed by atoms with van der Waals surface area (Å²) in [5, 5.41) is 0. The number of esters is 1. The average molecular weight is 333 g/mol. The fraction of sp³-hybridized carbons (Fsp3) is 0.222. The maximum absolute atomic E-state index is 13.0. The summed E-state index contributed by atoms with van der Waals surface area (Å²) >= 11 is 0. The molecule has 0 bridgehead atoms. The molecule has 2 rings (SSSR count). The minimum absolute atomic E-state index is 0.180. The second-order valence-corrected chi connectivity index (χ2v) is 5.29. The molecule has 2 N–H and O–H groups in total. The summed E-state index contributed by atoms with van der Waals surface area (Å²) in [5.74, 6) is -4.21. The molecule has 0 amide bonds. The summed E-state index contributed by atoms with van der Waals surface area (Å²) < 4.78 is 30.5. The van der Waals surface area contributed by atoms with Crippen LogP contribution in [0.1, 0.15) is 21.5 Å². The molecule has 6 heteroatoms. The second kappa shape index (κ2) is 7.79. The van der Waals surface area contributed by atoms with Crippen LogP contribution < -0.4 is 5.73 Å². The first-order chi connectivity index (χ1) is 11.4. The van der Waals surface area contributed by atoms with E-state index in [1.54, 1.807) is 54.6 Å². The van der Waals surface area contributed by atoms with Gasteiger partial charge in [-0.1, -0.05) is 48.5 Å². The first kappa shape index (κ1) is 17.7. The van der Waals surface area contributed by atoms with E-state index in [0.717, 1.165) is 0 Å². The lowest BCUT2D eigenvalue weighted by molar-refractivity contribution is -0.153. The zero-order valence-electron chi connectivity index (χ0n) is 12.9. The maximum Gasteiger partial charge on any atom is 0.310 e. The molecule has 0 heterocycles. The van der Waals surface area contributed by atoms with E-state index in [9.17, 15) is 18.4 Å². The van der Waals surface area contributed by atoms with Crippen molar-refractivity contribution >= 4 is 11.8 Å². The molecule has 0 spiro atoms. The predicted molar refractivity (Wildman–Crippen MR) is 85.0 cm³/mol. The highest BCUT2D eigenvalue weighted by Crippen LogP contribution is 2.14. The Morgan fingerprint density at radius 3 is 2.33 bits per heavy atom. The smallest absolute Gasteiger partial charge is 0.310 e. The third-order valence-electron chi connectivity index (χ3n) is 3.32. The highest BCUT2D eigenvalue weighted by atomic mass is 19.3. The van der Waals surface area contributed by atoms with Gasteiger partial charge in [0, 0.05) is 11.1 Å². The molecule has 0 unspecified atom stereocenters. The topological polar surface area (TPSA) is 69.4 Å². The Labute approximate surface area is 138 Å². The van der Waals surface area contributed by atoms with E-state index < -0.39 is 25.0 Å². The lowest BCUT2D eigenvalue weighted by atomic mass is 10.0. The van der Waals surface area contributed by atoms with E-state index in [0.29, 0.717) is 16.7 Å². The number of rotatable bonds is 7. The molecule has 0 aliphatic rings. The zero-order valence-corrected chi connectivity index (χ0v) is 12.9. The minimum atomic E-state index is -3.24. The van der Waals surface area contributed by atoms with Crippen LogP contribution in [-0.4, -0.2) is 30.8 Å². The van der Waals surface area contributed by atoms with Crippen molar-refractivity contribution in [3.8, 4) is 0 Å². The molecule has 0 radical (unpaired) electrons. The molecule has 2 aromatic rings. The van der Waals surface area contributed by atoms with Gasteiger partial charge in [-0.25, -0.2) is 8.78 Å². The predicted octanol–water partition coefficient (Wildman–Crippen LogP) is 2.60. The SMILES string of the molecule is NCC(F)(F)COC(=O)Cc1cccc(C(=O)c2ccccc2)c1. The van der Waals surface area contributed by atoms with Crippen LogP contribution in [0.25, 0.3) is 0 Å². The molecule has 0 aliphatic heterocycles. The van der Waals surface area contributed by atoms with Gasteiger partial charge in [0.05, 0.1) is 13.0 Å². The second-order valence-electron chi connectivity index (χ2n) is 5.29. The Bertz CT molecular complexity index is 717. The molecular weight excluding hydrogens is 316 g/mol. The molecule has 0 saturated carbocycles. The number of nitrogens with two attached hydrogens (primary N) is 1. The van der Waals surface area contributed by atoms with E-state index in [2.05, 4.69) is 4.74 Å². The van der Waals surface area contributed by atoms with Crippen molar-refractivity contribution in [1.82, 2.24) is 0 Å². The number of carbonyl (C=O) groups is 2. The monoisotopic (exact) mass is 333 g/mol. The van der Waals surface area contributed by atoms with Crippen LogP contribution in [-0.2, 0) is 16.0 Å². The molecule has 2 aromatic carbocycles. The number of hydrogen-bond acceptors (Lipinski definition) is 4. The maximum atomic E-state index is 13.0. The van der Waals surface area contributed by atoms with E-state index in [4.69, 9.17) is 5.73 Å². The number of carbonyl (C=O) groups excluding carboxylic acids is 2. The molecule has 0 saturated heterocycles. The molecular formula is C18H17F2NO3. The normalized spacial score (nSPS) is 11.1. The van der Waals surface area contributed by atoms with Crippen molar-refractivity contribution in [3.05, 3.63) is 71.3 Å². The highest BCUT2D eigenvalue weighted by Gasteiger charge is 2.28. The molecule has 0 atom stereocenters. The van der Waals surface area contributed by atoms with Crippen LogP contribution in [0.3, 0.4) is 0 Å². The molecule has 126 valence electrons. The van der Waals surface area contributed by atoms with Crippen LogP contribution in [0.2, 0.25) is 0 Å². The molecule has 0 fully saturated rings. The van der Waals surface area contributed by atoms with Gasteiger partial charge in [0.25, 0.3) is 5.92 Å². The van der Waals surface area contributed by atoms with Crippen molar-refractivity contribution in [2.24, 2.45) is 5.73 Å². The van der Waals surface area contributed by atoms with Crippen molar-refractivity contribution in [2.75, 3.05) is 13.2 Å². The number of hydrogen-bond donors (Lipinski definition) is 1. The van der Waals surface area contributed by atoms with Gasteiger partial charge in [-0.15, -0.1) is 0 Å². The summed E-state index contributed by atoms with van der Waals surface area (Å²) in [6.07, 6.45) is -0.198. The van der Waals surface area contributed by atoms with Crippen molar-refractivity contribution in [1.29, 1.82) is 0 Å². The third kappa shape index (κ3) is 4.96. The third-order valence-corrected chi connectivity index (χ3v) is 3.32. The summed E-state index contributed by atoms with van der Waals surface area (Å²) in [5.41, 5.74) is 6.33. The summed E-state index contributed by atoms with van der Waals surface area (Å²) in [6.45, 7) is -1.94. The Morgan fingerprint density at radius 1 is 1.00 bits per heavy atom. The number of ketones is 1. The molecule has 0 aromatic heterocycles. The van der Waals surface area contributed by atoms with Crippen LogP contribution in [0, 0.1) is 0 Å². The van der Waals surface area contributed by atoms with Gasteiger partial charge in [0.2, 0.25) is 0 Å². The lowest BCUT2D eigenvalue weighted by Crippen LogP contribution is -2.34. The lowest BCUT2D eigenvalue weighted by Gasteiger charge is -2.13. The van der Waals surface area contributed by atoms with Crippen LogP contribution in [0.4, 0.5) is 8.78 Å². The van der Waals surface area contributed by atoms with E-state index in [1.807, 2.05) is 0 Å². The van der Waals surface area contributed by atoms with Gasteiger partial charge in [0.1, 0.15) is 0 Å². The fourth-order valence-electron chi connectivity index (χ4n) is 2.04. The molecule has 4 nitrogen and oxygen atoms in total. The minimum Gasteiger partial charge on any atom is -0.459 e. The van der Waals surface area contributed by atoms with Gasteiger partial charge >= 0.3 is 5.97 Å². The number of halogens is 2. The Balaban J connectivity index is 2.03. The van der Waals surface area contributed by atoms with Crippen molar-refractivity contribution in [2.45, 2.75) is 12.3 Å². The van der Waals surface area contributed by atoms with Gasteiger partial charge in [-0.3, -0.25) is 9.59 Å². The van der Waals surface area contributed by atoms with Crippen molar-refractivity contribution < 1.29 is 23.1 Å². The van der Waals surface area contributed by atoms with Gasteiger partial charge in [0.15, 0.2) is 12.4 Å². The highest BCUT2D eigenvalue weighted by molar-refractivity contribution is 6.09. The summed E-state index contributed by atoms with van der Waals surface area (Å²) in [7, 11) is 0. The van der Waals surface area contributed by atoms with E-state index >= 15 is 0 Å². The van der Waals surface area contributed by atoms with Gasteiger partial charge < -0.3 is 10.5 Å². The quantitative estimate of drug-likeness (QED) is 0.625. The van der Waals surface area contributed by atoms with Crippen LogP contribution >= 0.6 is 0 Å². The first-order valence-corrected chi connectivity index (χ1v) is 7.33. The Kier molecular flexibility index (Phi) is 5.76. The summed E-state index contributed by atoms with van der Waals surface area (Å²) in [6, 6.07) is 15.1. The van der Waals surface area contributed by atoms with Gasteiger partial charge in [-0.2, -0.15) is 0 Å². The largest absolute Gasteiger partial charge is 0.459 e. The molecule has 24 heavy (non-hydrogen) atoms.